The molecule has 0 saturated carbocycles. The Morgan fingerprint density at radius 2 is 1.90 bits per heavy atom. The Morgan fingerprint density at radius 3 is 2.57 bits per heavy atom. The lowest BCUT2D eigenvalue weighted by molar-refractivity contribution is 0.593. The van der Waals surface area contributed by atoms with Crippen LogP contribution in [0.2, 0.25) is 0 Å². The fourth-order valence-electron chi connectivity index (χ4n) is 1.88. The van der Waals surface area contributed by atoms with Crippen molar-refractivity contribution in [2.45, 2.75) is 18.7 Å². The van der Waals surface area contributed by atoms with Crippen LogP contribution in [0.4, 0.5) is 10.1 Å². The number of aryl methyl sites for hydroxylation is 2. The van der Waals surface area contributed by atoms with E-state index in [9.17, 15) is 12.8 Å². The molecule has 0 spiro atoms. The quantitative estimate of drug-likeness (QED) is 0.947. The van der Waals surface area contributed by atoms with Crippen molar-refractivity contribution in [1.29, 1.82) is 5.26 Å². The molecule has 0 aliphatic carbocycles. The number of nitrogens with zero attached hydrogens (tertiary/aromatic N) is 1. The van der Waals surface area contributed by atoms with Crippen molar-refractivity contribution in [3.05, 3.63) is 58.9 Å². The molecule has 0 aliphatic rings. The van der Waals surface area contributed by atoms with E-state index in [4.69, 9.17) is 5.26 Å². The summed E-state index contributed by atoms with van der Waals surface area (Å²) in [5.41, 5.74) is 1.54. The standard InChI is InChI=1S/C15H13FN2O2S/c1-10-6-7-11(2)14(8-10)18-21(19,20)15-5-3-4-13(16)12(15)9-17/h3-8,18H,1-2H3. The van der Waals surface area contributed by atoms with Crippen molar-refractivity contribution in [3.8, 4) is 6.07 Å². The Hall–Kier alpha value is -2.39. The molecule has 0 amide bonds. The van der Waals surface area contributed by atoms with Crippen molar-refractivity contribution >= 4 is 15.7 Å². The maximum absolute atomic E-state index is 13.5. The van der Waals surface area contributed by atoms with Gasteiger partial charge in [0.05, 0.1) is 5.69 Å². The molecule has 0 aliphatic heterocycles. The van der Waals surface area contributed by atoms with E-state index in [0.717, 1.165) is 17.2 Å². The third-order valence-corrected chi connectivity index (χ3v) is 4.42. The van der Waals surface area contributed by atoms with Crippen molar-refractivity contribution in [1.82, 2.24) is 0 Å². The molecule has 0 unspecified atom stereocenters. The van der Waals surface area contributed by atoms with Crippen molar-refractivity contribution < 1.29 is 12.8 Å². The molecular weight excluding hydrogens is 291 g/mol. The highest BCUT2D eigenvalue weighted by Gasteiger charge is 2.21. The second-order valence-corrected chi connectivity index (χ2v) is 6.30. The normalized spacial score (nSPS) is 11.0. The number of rotatable bonds is 3. The van der Waals surface area contributed by atoms with Crippen LogP contribution in [0.3, 0.4) is 0 Å². The topological polar surface area (TPSA) is 70.0 Å². The van der Waals surface area contributed by atoms with Gasteiger partial charge in [-0.3, -0.25) is 4.72 Å². The Morgan fingerprint density at radius 1 is 1.19 bits per heavy atom. The highest BCUT2D eigenvalue weighted by atomic mass is 32.2. The van der Waals surface area contributed by atoms with Gasteiger partial charge in [0, 0.05) is 0 Å². The number of benzene rings is 2. The van der Waals surface area contributed by atoms with Gasteiger partial charge in [-0.25, -0.2) is 12.8 Å². The molecule has 0 saturated heterocycles. The maximum Gasteiger partial charge on any atom is 0.263 e. The van der Waals surface area contributed by atoms with E-state index in [1.165, 1.54) is 12.1 Å². The van der Waals surface area contributed by atoms with Crippen LogP contribution in [0.15, 0.2) is 41.3 Å². The molecule has 4 nitrogen and oxygen atoms in total. The fourth-order valence-corrected chi connectivity index (χ4v) is 3.17. The maximum atomic E-state index is 13.5. The smallest absolute Gasteiger partial charge is 0.263 e. The zero-order valence-corrected chi connectivity index (χ0v) is 12.3. The van der Waals surface area contributed by atoms with Crippen LogP contribution in [0.1, 0.15) is 16.7 Å². The number of sulfonamides is 1. The number of hydrogen-bond acceptors (Lipinski definition) is 3. The molecule has 6 heteroatoms. The van der Waals surface area contributed by atoms with Gasteiger partial charge >= 0.3 is 0 Å². The van der Waals surface area contributed by atoms with Crippen LogP contribution in [-0.2, 0) is 10.0 Å². The van der Waals surface area contributed by atoms with Gasteiger partial charge in [-0.15, -0.1) is 0 Å². The molecule has 2 aromatic rings. The molecule has 108 valence electrons. The first-order chi connectivity index (χ1) is 9.85. The van der Waals surface area contributed by atoms with Crippen LogP contribution in [0.5, 0.6) is 0 Å². The molecule has 2 rings (SSSR count). The summed E-state index contributed by atoms with van der Waals surface area (Å²) in [7, 11) is -4.03. The van der Waals surface area contributed by atoms with Crippen LogP contribution < -0.4 is 4.72 Å². The summed E-state index contributed by atoms with van der Waals surface area (Å²) in [5, 5.41) is 8.95. The molecule has 0 heterocycles. The van der Waals surface area contributed by atoms with Gasteiger partial charge in [-0.1, -0.05) is 18.2 Å². The van der Waals surface area contributed by atoms with E-state index < -0.39 is 21.4 Å². The number of nitrogens with one attached hydrogen (secondary N) is 1. The van der Waals surface area contributed by atoms with Crippen LogP contribution in [0.25, 0.3) is 0 Å². The first-order valence-electron chi connectivity index (χ1n) is 6.14. The summed E-state index contributed by atoms with van der Waals surface area (Å²) in [6.45, 7) is 3.59. The minimum Gasteiger partial charge on any atom is -0.279 e. The predicted molar refractivity (Wildman–Crippen MR) is 77.8 cm³/mol. The Kier molecular flexibility index (Phi) is 3.96. The molecular formula is C15H13FN2O2S. The predicted octanol–water partition coefficient (Wildman–Crippen LogP) is 3.12. The summed E-state index contributed by atoms with van der Waals surface area (Å²) >= 11 is 0. The van der Waals surface area contributed by atoms with Crippen molar-refractivity contribution in [2.24, 2.45) is 0 Å². The number of anilines is 1. The van der Waals surface area contributed by atoms with E-state index in [1.807, 2.05) is 13.0 Å². The molecule has 0 bridgehead atoms. The molecule has 0 fully saturated rings. The molecule has 0 aromatic heterocycles. The summed E-state index contributed by atoms with van der Waals surface area (Å²) < 4.78 is 40.7. The highest BCUT2D eigenvalue weighted by Crippen LogP contribution is 2.24. The largest absolute Gasteiger partial charge is 0.279 e. The van der Waals surface area contributed by atoms with Gasteiger partial charge in [0.25, 0.3) is 10.0 Å². The first kappa shape index (κ1) is 15.0. The fraction of sp³-hybridized carbons (Fsp3) is 0.133. The van der Waals surface area contributed by atoms with Crippen molar-refractivity contribution in [3.63, 3.8) is 0 Å². The second kappa shape index (κ2) is 5.54. The molecule has 0 radical (unpaired) electrons. The summed E-state index contributed by atoms with van der Waals surface area (Å²) in [5.74, 6) is -0.860. The van der Waals surface area contributed by atoms with Crippen LogP contribution in [-0.4, -0.2) is 8.42 Å². The molecule has 0 atom stereocenters. The van der Waals surface area contributed by atoms with Gasteiger partial charge in [0.2, 0.25) is 0 Å². The average molecular weight is 304 g/mol. The number of hydrogen-bond donors (Lipinski definition) is 1. The zero-order valence-electron chi connectivity index (χ0n) is 11.5. The minimum atomic E-state index is -4.03. The molecule has 1 N–H and O–H groups in total. The van der Waals surface area contributed by atoms with E-state index in [1.54, 1.807) is 25.1 Å². The van der Waals surface area contributed by atoms with E-state index in [2.05, 4.69) is 4.72 Å². The lowest BCUT2D eigenvalue weighted by Gasteiger charge is -2.12. The van der Waals surface area contributed by atoms with Crippen molar-refractivity contribution in [2.75, 3.05) is 4.72 Å². The van der Waals surface area contributed by atoms with Gasteiger partial charge in [0.15, 0.2) is 0 Å². The van der Waals surface area contributed by atoms with E-state index in [-0.39, 0.29) is 4.90 Å². The average Bonchev–Trinajstić information content (AvgIpc) is 2.42. The van der Waals surface area contributed by atoms with Gasteiger partial charge in [-0.2, -0.15) is 5.26 Å². The Bertz CT molecular complexity index is 839. The van der Waals surface area contributed by atoms with Gasteiger partial charge in [0.1, 0.15) is 22.3 Å². The number of nitriles is 1. The SMILES string of the molecule is Cc1ccc(C)c(NS(=O)(=O)c2cccc(F)c2C#N)c1. The molecule has 21 heavy (non-hydrogen) atoms. The third kappa shape index (κ3) is 3.03. The van der Waals surface area contributed by atoms with Gasteiger partial charge < -0.3 is 0 Å². The highest BCUT2D eigenvalue weighted by molar-refractivity contribution is 7.92. The lowest BCUT2D eigenvalue weighted by atomic mass is 10.1. The minimum absolute atomic E-state index is 0.370. The molecule has 2 aromatic carbocycles. The zero-order chi connectivity index (χ0) is 15.6. The Labute approximate surface area is 122 Å². The third-order valence-electron chi connectivity index (χ3n) is 3.01. The summed E-state index contributed by atoms with van der Waals surface area (Å²) in [6.07, 6.45) is 0. The van der Waals surface area contributed by atoms with E-state index in [0.29, 0.717) is 5.69 Å². The lowest BCUT2D eigenvalue weighted by Crippen LogP contribution is -2.16. The van der Waals surface area contributed by atoms with Gasteiger partial charge in [-0.05, 0) is 43.2 Å². The van der Waals surface area contributed by atoms with Crippen LogP contribution >= 0.6 is 0 Å². The number of halogens is 1. The first-order valence-corrected chi connectivity index (χ1v) is 7.62. The van der Waals surface area contributed by atoms with E-state index >= 15 is 0 Å². The Balaban J connectivity index is 2.52. The second-order valence-electron chi connectivity index (χ2n) is 4.65. The summed E-state index contributed by atoms with van der Waals surface area (Å²) in [6, 6.07) is 10.4. The van der Waals surface area contributed by atoms with Crippen LogP contribution in [0, 0.1) is 31.0 Å². The monoisotopic (exact) mass is 304 g/mol. The summed E-state index contributed by atoms with van der Waals surface area (Å²) in [4.78, 5) is -0.370.